The van der Waals surface area contributed by atoms with Crippen LogP contribution in [0.15, 0.2) is 42.6 Å². The Hall–Kier alpha value is -2.03. The molecular weight excluding hydrogens is 274 g/mol. The molecule has 0 bridgehead atoms. The fourth-order valence-electron chi connectivity index (χ4n) is 3.09. The van der Waals surface area contributed by atoms with Crippen LogP contribution in [-0.2, 0) is 16.0 Å². The van der Waals surface area contributed by atoms with Crippen LogP contribution in [0, 0.1) is 11.8 Å². The molecule has 0 fully saturated rings. The number of esters is 1. The van der Waals surface area contributed by atoms with Crippen LogP contribution in [0.25, 0.3) is 10.9 Å². The van der Waals surface area contributed by atoms with E-state index in [9.17, 15) is 4.79 Å². The van der Waals surface area contributed by atoms with Crippen LogP contribution in [0.5, 0.6) is 0 Å². The minimum absolute atomic E-state index is 0.0907. The molecule has 1 aliphatic rings. The van der Waals surface area contributed by atoms with Gasteiger partial charge in [0.05, 0.1) is 6.61 Å². The Balaban J connectivity index is 1.49. The van der Waals surface area contributed by atoms with Crippen LogP contribution in [0.4, 0.5) is 0 Å². The maximum absolute atomic E-state index is 12.0. The highest BCUT2D eigenvalue weighted by molar-refractivity contribution is 5.83. The minimum Gasteiger partial charge on any atom is -0.465 e. The number of fused-ring (bicyclic) bond motifs is 1. The summed E-state index contributed by atoms with van der Waals surface area (Å²) in [5.74, 6) is 0.987. The van der Waals surface area contributed by atoms with Gasteiger partial charge >= 0.3 is 5.97 Å². The van der Waals surface area contributed by atoms with Gasteiger partial charge in [-0.15, -0.1) is 0 Å². The van der Waals surface area contributed by atoms with Gasteiger partial charge in [0.15, 0.2) is 0 Å². The third kappa shape index (κ3) is 3.41. The van der Waals surface area contributed by atoms with Crippen molar-refractivity contribution in [2.75, 3.05) is 6.61 Å². The first-order chi connectivity index (χ1) is 10.7. The molecule has 1 aromatic carbocycles. The van der Waals surface area contributed by atoms with Crippen molar-refractivity contribution in [3.05, 3.63) is 48.2 Å². The molecule has 0 radical (unpaired) electrons. The first-order valence-corrected chi connectivity index (χ1v) is 8.09. The standard InChI is InChI=1S/C19H23NO2/c1-14-6-2-3-7-16(14)13-22-19(21)11-10-15-12-20-18-9-5-4-8-17(15)18/h2-5,8-9,12,14,16,20H,6-7,10-11,13H2,1H3. The van der Waals surface area contributed by atoms with E-state index in [-0.39, 0.29) is 5.97 Å². The third-order valence-corrected chi connectivity index (χ3v) is 4.65. The lowest BCUT2D eigenvalue weighted by Gasteiger charge is -2.24. The average Bonchev–Trinajstić information content (AvgIpc) is 2.95. The smallest absolute Gasteiger partial charge is 0.306 e. The van der Waals surface area contributed by atoms with E-state index in [1.165, 1.54) is 10.9 Å². The molecular formula is C19H23NO2. The summed E-state index contributed by atoms with van der Waals surface area (Å²) < 4.78 is 5.48. The number of hydrogen-bond donors (Lipinski definition) is 1. The molecule has 2 unspecified atom stereocenters. The molecule has 2 atom stereocenters. The lowest BCUT2D eigenvalue weighted by atomic mass is 9.85. The monoisotopic (exact) mass is 297 g/mol. The highest BCUT2D eigenvalue weighted by Gasteiger charge is 2.20. The third-order valence-electron chi connectivity index (χ3n) is 4.65. The van der Waals surface area contributed by atoms with Gasteiger partial charge in [-0.05, 0) is 42.7 Å². The number of benzene rings is 1. The number of carbonyl (C=O) groups is 1. The Morgan fingerprint density at radius 2 is 2.09 bits per heavy atom. The molecule has 22 heavy (non-hydrogen) atoms. The second-order valence-corrected chi connectivity index (χ2v) is 6.22. The zero-order chi connectivity index (χ0) is 15.4. The van der Waals surface area contributed by atoms with Gasteiger partial charge in [0.25, 0.3) is 0 Å². The van der Waals surface area contributed by atoms with Crippen molar-refractivity contribution in [2.45, 2.75) is 32.6 Å². The van der Waals surface area contributed by atoms with E-state index in [1.807, 2.05) is 18.3 Å². The summed E-state index contributed by atoms with van der Waals surface area (Å²) in [6, 6.07) is 8.17. The van der Waals surface area contributed by atoms with Crippen molar-refractivity contribution in [1.82, 2.24) is 4.98 Å². The Kier molecular flexibility index (Phi) is 4.62. The highest BCUT2D eigenvalue weighted by atomic mass is 16.5. The van der Waals surface area contributed by atoms with Crippen LogP contribution in [0.3, 0.4) is 0 Å². The van der Waals surface area contributed by atoms with E-state index >= 15 is 0 Å². The zero-order valence-corrected chi connectivity index (χ0v) is 13.0. The van der Waals surface area contributed by atoms with Crippen LogP contribution >= 0.6 is 0 Å². The number of H-pyrrole nitrogens is 1. The van der Waals surface area contributed by atoms with Crippen LogP contribution in [0.2, 0.25) is 0 Å². The summed E-state index contributed by atoms with van der Waals surface area (Å²) in [6.07, 6.45) is 9.70. The molecule has 0 saturated heterocycles. The number of carbonyl (C=O) groups excluding carboxylic acids is 1. The van der Waals surface area contributed by atoms with Crippen molar-refractivity contribution >= 4 is 16.9 Å². The van der Waals surface area contributed by atoms with Crippen molar-refractivity contribution in [3.63, 3.8) is 0 Å². The molecule has 1 heterocycles. The number of aromatic nitrogens is 1. The Morgan fingerprint density at radius 1 is 1.27 bits per heavy atom. The van der Waals surface area contributed by atoms with Gasteiger partial charge < -0.3 is 9.72 Å². The summed E-state index contributed by atoms with van der Waals surface area (Å²) >= 11 is 0. The molecule has 0 spiro atoms. The largest absolute Gasteiger partial charge is 0.465 e. The lowest BCUT2D eigenvalue weighted by Crippen LogP contribution is -2.21. The fourth-order valence-corrected chi connectivity index (χ4v) is 3.09. The maximum Gasteiger partial charge on any atom is 0.306 e. The van der Waals surface area contributed by atoms with Gasteiger partial charge in [0, 0.05) is 23.5 Å². The minimum atomic E-state index is -0.0907. The molecule has 0 aliphatic heterocycles. The van der Waals surface area contributed by atoms with E-state index in [0.717, 1.165) is 24.8 Å². The van der Waals surface area contributed by atoms with Gasteiger partial charge in [-0.25, -0.2) is 0 Å². The molecule has 116 valence electrons. The summed E-state index contributed by atoms with van der Waals surface area (Å²) in [5, 5.41) is 1.20. The molecule has 3 heteroatoms. The van der Waals surface area contributed by atoms with E-state index in [4.69, 9.17) is 4.74 Å². The van der Waals surface area contributed by atoms with Crippen molar-refractivity contribution in [3.8, 4) is 0 Å². The van der Waals surface area contributed by atoms with Crippen molar-refractivity contribution in [1.29, 1.82) is 0 Å². The topological polar surface area (TPSA) is 42.1 Å². The summed E-state index contributed by atoms with van der Waals surface area (Å²) in [6.45, 7) is 2.78. The predicted molar refractivity (Wildman–Crippen MR) is 88.6 cm³/mol. The Labute approximate surface area is 131 Å². The second-order valence-electron chi connectivity index (χ2n) is 6.22. The number of hydrogen-bond acceptors (Lipinski definition) is 2. The molecule has 3 rings (SSSR count). The Morgan fingerprint density at radius 3 is 2.95 bits per heavy atom. The molecule has 2 aromatic rings. The first-order valence-electron chi connectivity index (χ1n) is 8.09. The normalized spacial score (nSPS) is 21.1. The summed E-state index contributed by atoms with van der Waals surface area (Å²) in [4.78, 5) is 15.2. The highest BCUT2D eigenvalue weighted by Crippen LogP contribution is 2.25. The number of allylic oxidation sites excluding steroid dienone is 2. The molecule has 3 nitrogen and oxygen atoms in total. The quantitative estimate of drug-likeness (QED) is 0.662. The molecule has 1 aromatic heterocycles. The average molecular weight is 297 g/mol. The molecule has 0 saturated carbocycles. The number of aromatic amines is 1. The number of nitrogens with one attached hydrogen (secondary N) is 1. The van der Waals surface area contributed by atoms with Crippen molar-refractivity contribution in [2.24, 2.45) is 11.8 Å². The Bertz CT molecular complexity index is 671. The predicted octanol–water partition coefficient (Wildman–Crippen LogP) is 4.25. The molecule has 1 N–H and O–H groups in total. The van der Waals surface area contributed by atoms with Gasteiger partial charge in [0.2, 0.25) is 0 Å². The lowest BCUT2D eigenvalue weighted by molar-refractivity contribution is -0.145. The van der Waals surface area contributed by atoms with Gasteiger partial charge in [-0.1, -0.05) is 37.3 Å². The SMILES string of the molecule is CC1CC=CCC1COC(=O)CCc1c[nH]c2ccccc12. The van der Waals surface area contributed by atoms with Crippen LogP contribution in [0.1, 0.15) is 31.7 Å². The van der Waals surface area contributed by atoms with Crippen molar-refractivity contribution < 1.29 is 9.53 Å². The van der Waals surface area contributed by atoms with Gasteiger partial charge in [-0.3, -0.25) is 4.79 Å². The second kappa shape index (κ2) is 6.82. The number of rotatable bonds is 5. The first kappa shape index (κ1) is 14.9. The number of ether oxygens (including phenoxy) is 1. The molecule has 1 aliphatic carbocycles. The van der Waals surface area contributed by atoms with E-state index < -0.39 is 0 Å². The number of aryl methyl sites for hydroxylation is 1. The van der Waals surface area contributed by atoms with Gasteiger partial charge in [0.1, 0.15) is 0 Å². The molecule has 0 amide bonds. The zero-order valence-electron chi connectivity index (χ0n) is 13.0. The van der Waals surface area contributed by atoms with E-state index in [2.05, 4.69) is 36.2 Å². The summed E-state index contributed by atoms with van der Waals surface area (Å²) in [5.41, 5.74) is 2.30. The van der Waals surface area contributed by atoms with E-state index in [1.54, 1.807) is 0 Å². The summed E-state index contributed by atoms with van der Waals surface area (Å²) in [7, 11) is 0. The van der Waals surface area contributed by atoms with Gasteiger partial charge in [-0.2, -0.15) is 0 Å². The van der Waals surface area contributed by atoms with Crippen LogP contribution < -0.4 is 0 Å². The fraction of sp³-hybridized carbons (Fsp3) is 0.421. The van der Waals surface area contributed by atoms with Crippen LogP contribution in [-0.4, -0.2) is 17.6 Å². The number of para-hydroxylation sites is 1. The maximum atomic E-state index is 12.0. The van der Waals surface area contributed by atoms with E-state index in [0.29, 0.717) is 24.9 Å².